The molecule has 1 aliphatic carbocycles. The summed E-state index contributed by atoms with van der Waals surface area (Å²) in [6.45, 7) is 2.95. The second-order valence-corrected chi connectivity index (χ2v) is 7.41. The van der Waals surface area contributed by atoms with Gasteiger partial charge in [-0.25, -0.2) is 9.97 Å². The summed E-state index contributed by atoms with van der Waals surface area (Å²) in [5.74, 6) is 1.37. The molecule has 2 N–H and O–H groups in total. The summed E-state index contributed by atoms with van der Waals surface area (Å²) in [4.78, 5) is 26.3. The van der Waals surface area contributed by atoms with E-state index in [2.05, 4.69) is 31.0 Å². The molecule has 1 aliphatic heterocycles. The maximum atomic E-state index is 12.6. The molecular weight excluding hydrogens is 342 g/mol. The van der Waals surface area contributed by atoms with E-state index in [0.29, 0.717) is 19.0 Å². The number of hydrogen-bond donors (Lipinski definition) is 2. The standard InChI is InChI=1S/C19H23N7O/c27-19(13-3-1-4-13)25-7-2-8-26-15(11-25)9-14(24-26)10-21-18-16-5-6-20-17(16)22-12-23-18/h5-6,9,12-13H,1-4,7-8,10-11H2,(H2,20,21,22,23). The molecule has 3 aromatic heterocycles. The van der Waals surface area contributed by atoms with Gasteiger partial charge in [-0.2, -0.15) is 5.10 Å². The number of aromatic amines is 1. The molecule has 140 valence electrons. The molecule has 1 fully saturated rings. The third kappa shape index (κ3) is 3.05. The summed E-state index contributed by atoms with van der Waals surface area (Å²) in [5, 5.41) is 9.06. The molecule has 0 unspecified atom stereocenters. The number of hydrogen-bond acceptors (Lipinski definition) is 5. The molecule has 5 rings (SSSR count). The van der Waals surface area contributed by atoms with Gasteiger partial charge in [0.1, 0.15) is 17.8 Å². The number of amides is 1. The van der Waals surface area contributed by atoms with E-state index in [1.165, 1.54) is 6.42 Å². The minimum absolute atomic E-state index is 0.252. The van der Waals surface area contributed by atoms with Crippen LogP contribution in [0.5, 0.6) is 0 Å². The van der Waals surface area contributed by atoms with Gasteiger partial charge in [0.25, 0.3) is 0 Å². The molecule has 4 heterocycles. The third-order valence-electron chi connectivity index (χ3n) is 5.62. The van der Waals surface area contributed by atoms with Crippen LogP contribution in [-0.2, 0) is 24.4 Å². The summed E-state index contributed by atoms with van der Waals surface area (Å²) in [6, 6.07) is 4.07. The van der Waals surface area contributed by atoms with Crippen molar-refractivity contribution in [2.24, 2.45) is 5.92 Å². The highest BCUT2D eigenvalue weighted by atomic mass is 16.2. The van der Waals surface area contributed by atoms with Crippen LogP contribution in [0.15, 0.2) is 24.7 Å². The Morgan fingerprint density at radius 3 is 3.04 bits per heavy atom. The number of aromatic nitrogens is 5. The monoisotopic (exact) mass is 365 g/mol. The van der Waals surface area contributed by atoms with Crippen LogP contribution in [0.1, 0.15) is 37.1 Å². The lowest BCUT2D eigenvalue weighted by atomic mass is 9.84. The first-order valence-electron chi connectivity index (χ1n) is 9.64. The molecule has 0 spiro atoms. The van der Waals surface area contributed by atoms with Crippen molar-refractivity contribution in [3.63, 3.8) is 0 Å². The molecule has 0 atom stereocenters. The van der Waals surface area contributed by atoms with E-state index in [1.807, 2.05) is 17.2 Å². The van der Waals surface area contributed by atoms with Gasteiger partial charge in [0.15, 0.2) is 0 Å². The largest absolute Gasteiger partial charge is 0.364 e. The van der Waals surface area contributed by atoms with Gasteiger partial charge in [-0.15, -0.1) is 0 Å². The van der Waals surface area contributed by atoms with E-state index in [-0.39, 0.29) is 5.92 Å². The number of carbonyl (C=O) groups excluding carboxylic acids is 1. The van der Waals surface area contributed by atoms with Crippen molar-refractivity contribution in [3.8, 4) is 0 Å². The van der Waals surface area contributed by atoms with Crippen molar-refractivity contribution < 1.29 is 4.79 Å². The minimum atomic E-state index is 0.252. The van der Waals surface area contributed by atoms with Crippen LogP contribution in [0.4, 0.5) is 5.82 Å². The minimum Gasteiger partial charge on any atom is -0.364 e. The summed E-state index contributed by atoms with van der Waals surface area (Å²) in [7, 11) is 0. The molecule has 0 radical (unpaired) electrons. The highest BCUT2D eigenvalue weighted by Crippen LogP contribution is 2.29. The van der Waals surface area contributed by atoms with Crippen LogP contribution in [0.25, 0.3) is 11.0 Å². The lowest BCUT2D eigenvalue weighted by Gasteiger charge is -2.30. The number of anilines is 1. The first-order chi connectivity index (χ1) is 13.3. The lowest BCUT2D eigenvalue weighted by Crippen LogP contribution is -2.38. The predicted octanol–water partition coefficient (Wildman–Crippen LogP) is 2.30. The van der Waals surface area contributed by atoms with E-state index in [4.69, 9.17) is 5.10 Å². The Morgan fingerprint density at radius 2 is 2.19 bits per heavy atom. The van der Waals surface area contributed by atoms with E-state index in [0.717, 1.165) is 60.6 Å². The van der Waals surface area contributed by atoms with E-state index in [9.17, 15) is 4.79 Å². The first-order valence-corrected chi connectivity index (χ1v) is 9.64. The van der Waals surface area contributed by atoms with Crippen LogP contribution in [-0.4, -0.2) is 42.1 Å². The van der Waals surface area contributed by atoms with Gasteiger partial charge in [0.2, 0.25) is 5.91 Å². The molecule has 27 heavy (non-hydrogen) atoms. The Hall–Kier alpha value is -2.90. The molecular formula is C19H23N7O. The zero-order valence-corrected chi connectivity index (χ0v) is 15.2. The number of nitrogens with zero attached hydrogens (tertiary/aromatic N) is 5. The van der Waals surface area contributed by atoms with E-state index >= 15 is 0 Å². The Labute approximate surface area is 157 Å². The highest BCUT2D eigenvalue weighted by Gasteiger charge is 2.30. The zero-order chi connectivity index (χ0) is 18.2. The van der Waals surface area contributed by atoms with Gasteiger partial charge in [0.05, 0.1) is 29.9 Å². The summed E-state index contributed by atoms with van der Waals surface area (Å²) in [6.07, 6.45) is 7.66. The Balaban J connectivity index is 1.30. The maximum Gasteiger partial charge on any atom is 0.226 e. The average molecular weight is 365 g/mol. The second-order valence-electron chi connectivity index (χ2n) is 7.41. The maximum absolute atomic E-state index is 12.6. The quantitative estimate of drug-likeness (QED) is 0.740. The predicted molar refractivity (Wildman–Crippen MR) is 101 cm³/mol. The molecule has 1 amide bonds. The van der Waals surface area contributed by atoms with E-state index in [1.54, 1.807) is 6.33 Å². The van der Waals surface area contributed by atoms with Gasteiger partial charge in [-0.3, -0.25) is 9.48 Å². The van der Waals surface area contributed by atoms with Crippen molar-refractivity contribution in [2.45, 2.75) is 45.3 Å². The highest BCUT2D eigenvalue weighted by molar-refractivity contribution is 5.86. The third-order valence-corrected chi connectivity index (χ3v) is 5.62. The van der Waals surface area contributed by atoms with E-state index < -0.39 is 0 Å². The van der Waals surface area contributed by atoms with Crippen LogP contribution in [0.3, 0.4) is 0 Å². The molecule has 2 aliphatic rings. The Morgan fingerprint density at radius 1 is 1.26 bits per heavy atom. The van der Waals surface area contributed by atoms with Gasteiger partial charge in [-0.1, -0.05) is 6.42 Å². The van der Waals surface area contributed by atoms with Gasteiger partial charge in [-0.05, 0) is 31.4 Å². The number of nitrogens with one attached hydrogen (secondary N) is 2. The van der Waals surface area contributed by atoms with Crippen molar-refractivity contribution in [3.05, 3.63) is 36.0 Å². The van der Waals surface area contributed by atoms with Crippen molar-refractivity contribution >= 4 is 22.8 Å². The van der Waals surface area contributed by atoms with Crippen LogP contribution in [0, 0.1) is 5.92 Å². The van der Waals surface area contributed by atoms with Crippen LogP contribution >= 0.6 is 0 Å². The molecule has 0 aromatic carbocycles. The summed E-state index contributed by atoms with van der Waals surface area (Å²) in [5.41, 5.74) is 2.90. The SMILES string of the molecule is O=C(C1CCC1)N1CCCn2nc(CNc3ncnc4[nH]ccc34)cc2C1. The Bertz CT molecular complexity index is 972. The van der Waals surface area contributed by atoms with Gasteiger partial charge in [0, 0.05) is 25.2 Å². The average Bonchev–Trinajstić information content (AvgIpc) is 3.20. The Kier molecular flexibility index (Phi) is 4.03. The number of aryl methyl sites for hydroxylation is 1. The fraction of sp³-hybridized carbons (Fsp3) is 0.474. The lowest BCUT2D eigenvalue weighted by molar-refractivity contribution is -0.138. The molecule has 8 heteroatoms. The first kappa shape index (κ1) is 16.3. The molecule has 3 aromatic rings. The summed E-state index contributed by atoms with van der Waals surface area (Å²) < 4.78 is 2.05. The molecule has 0 saturated heterocycles. The second kappa shape index (κ2) is 6.68. The number of rotatable bonds is 4. The fourth-order valence-corrected chi connectivity index (χ4v) is 3.90. The topological polar surface area (TPSA) is 91.7 Å². The smallest absolute Gasteiger partial charge is 0.226 e. The van der Waals surface area contributed by atoms with Gasteiger partial charge >= 0.3 is 0 Å². The van der Waals surface area contributed by atoms with Crippen molar-refractivity contribution in [1.82, 2.24) is 29.6 Å². The molecule has 0 bridgehead atoms. The zero-order valence-electron chi connectivity index (χ0n) is 15.2. The summed E-state index contributed by atoms with van der Waals surface area (Å²) >= 11 is 0. The van der Waals surface area contributed by atoms with Gasteiger partial charge < -0.3 is 15.2 Å². The van der Waals surface area contributed by atoms with Crippen LogP contribution in [0.2, 0.25) is 0 Å². The van der Waals surface area contributed by atoms with Crippen molar-refractivity contribution in [2.75, 3.05) is 11.9 Å². The van der Waals surface area contributed by atoms with Crippen LogP contribution < -0.4 is 5.32 Å². The number of fused-ring (bicyclic) bond motifs is 2. The normalized spacial score (nSPS) is 17.4. The number of H-pyrrole nitrogens is 1. The number of carbonyl (C=O) groups is 1. The molecule has 1 saturated carbocycles. The molecule has 8 nitrogen and oxygen atoms in total. The van der Waals surface area contributed by atoms with Crippen molar-refractivity contribution in [1.29, 1.82) is 0 Å². The fourth-order valence-electron chi connectivity index (χ4n) is 3.90.